The van der Waals surface area contributed by atoms with Crippen LogP contribution < -0.4 is 15.8 Å². The van der Waals surface area contributed by atoms with Gasteiger partial charge in [0.1, 0.15) is 5.75 Å². The Hall–Kier alpha value is -1.60. The number of primary amides is 1. The molecule has 0 aromatic heterocycles. The first kappa shape index (κ1) is 20.7. The van der Waals surface area contributed by atoms with Gasteiger partial charge in [-0.05, 0) is 57.0 Å². The number of hydrogen-bond donors (Lipinski definition) is 2. The largest absolute Gasteiger partial charge is 0.494 e. The summed E-state index contributed by atoms with van der Waals surface area (Å²) in [4.78, 5) is 25.4. The molecule has 144 valence electrons. The third kappa shape index (κ3) is 7.74. The number of amides is 2. The third-order valence-corrected chi connectivity index (χ3v) is 4.99. The standard InChI is InChI=1S/C19H28BrN3O3/c20-16-6-1-7-17(13-16)26-12-3-8-18(24)22-9-4-11-23-10-2-5-15(14-23)19(21)25/h1,6-7,13,15H,2-5,8-12,14H2,(H2,21,25)(H,22,24). The molecule has 1 aliphatic heterocycles. The maximum Gasteiger partial charge on any atom is 0.221 e. The second kappa shape index (κ2) is 11.2. The second-order valence-electron chi connectivity index (χ2n) is 6.66. The Bertz CT molecular complexity index is 597. The number of ether oxygens (including phenoxy) is 1. The van der Waals surface area contributed by atoms with Crippen LogP contribution in [-0.4, -0.2) is 49.5 Å². The Morgan fingerprint density at radius 3 is 2.96 bits per heavy atom. The van der Waals surface area contributed by atoms with Crippen molar-refractivity contribution in [3.8, 4) is 5.75 Å². The van der Waals surface area contributed by atoms with Crippen LogP contribution in [0.1, 0.15) is 32.1 Å². The molecule has 7 heteroatoms. The first-order valence-corrected chi connectivity index (χ1v) is 10.0. The third-order valence-electron chi connectivity index (χ3n) is 4.49. The van der Waals surface area contributed by atoms with E-state index < -0.39 is 0 Å². The molecule has 0 bridgehead atoms. The van der Waals surface area contributed by atoms with Crippen LogP contribution in [0.3, 0.4) is 0 Å². The van der Waals surface area contributed by atoms with Gasteiger partial charge in [0, 0.05) is 24.0 Å². The van der Waals surface area contributed by atoms with Crippen LogP contribution in [0, 0.1) is 5.92 Å². The molecule has 3 N–H and O–H groups in total. The second-order valence-corrected chi connectivity index (χ2v) is 7.57. The van der Waals surface area contributed by atoms with E-state index in [1.54, 1.807) is 0 Å². The Morgan fingerprint density at radius 1 is 1.35 bits per heavy atom. The van der Waals surface area contributed by atoms with Crippen molar-refractivity contribution in [1.29, 1.82) is 0 Å². The normalized spacial score (nSPS) is 17.7. The molecule has 6 nitrogen and oxygen atoms in total. The molecule has 2 rings (SSSR count). The van der Waals surface area contributed by atoms with Gasteiger partial charge >= 0.3 is 0 Å². The van der Waals surface area contributed by atoms with Crippen molar-refractivity contribution in [3.63, 3.8) is 0 Å². The highest BCUT2D eigenvalue weighted by molar-refractivity contribution is 9.10. The van der Waals surface area contributed by atoms with Gasteiger partial charge in [-0.2, -0.15) is 0 Å². The lowest BCUT2D eigenvalue weighted by Crippen LogP contribution is -2.42. The molecule has 2 amide bonds. The zero-order valence-electron chi connectivity index (χ0n) is 15.1. The number of nitrogens with one attached hydrogen (secondary N) is 1. The summed E-state index contributed by atoms with van der Waals surface area (Å²) >= 11 is 3.40. The Labute approximate surface area is 163 Å². The minimum atomic E-state index is -0.201. The van der Waals surface area contributed by atoms with Crippen molar-refractivity contribution in [3.05, 3.63) is 28.7 Å². The molecule has 1 heterocycles. The molecule has 0 aliphatic carbocycles. The summed E-state index contributed by atoms with van der Waals surface area (Å²) in [6.45, 7) is 3.81. The molecule has 1 fully saturated rings. The van der Waals surface area contributed by atoms with Crippen LogP contribution in [0.5, 0.6) is 5.75 Å². The maximum atomic E-state index is 11.9. The van der Waals surface area contributed by atoms with E-state index in [9.17, 15) is 9.59 Å². The summed E-state index contributed by atoms with van der Waals surface area (Å²) in [5.41, 5.74) is 5.39. The van der Waals surface area contributed by atoms with E-state index in [-0.39, 0.29) is 17.7 Å². The maximum absolute atomic E-state index is 11.9. The highest BCUT2D eigenvalue weighted by Crippen LogP contribution is 2.18. The van der Waals surface area contributed by atoms with E-state index in [0.717, 1.165) is 49.1 Å². The monoisotopic (exact) mass is 425 g/mol. The fourth-order valence-electron chi connectivity index (χ4n) is 3.09. The quantitative estimate of drug-likeness (QED) is 0.563. The number of halogens is 1. The molecule has 1 atom stereocenters. The summed E-state index contributed by atoms with van der Waals surface area (Å²) in [5, 5.41) is 2.94. The van der Waals surface area contributed by atoms with Crippen LogP contribution in [0.25, 0.3) is 0 Å². The highest BCUT2D eigenvalue weighted by Gasteiger charge is 2.23. The van der Waals surface area contributed by atoms with Crippen molar-refractivity contribution in [1.82, 2.24) is 10.2 Å². The zero-order valence-corrected chi connectivity index (χ0v) is 16.7. The summed E-state index contributed by atoms with van der Waals surface area (Å²) in [5.74, 6) is 0.628. The van der Waals surface area contributed by atoms with Gasteiger partial charge in [0.25, 0.3) is 0 Å². The van der Waals surface area contributed by atoms with Crippen molar-refractivity contribution < 1.29 is 14.3 Å². The van der Waals surface area contributed by atoms with Gasteiger partial charge in [-0.1, -0.05) is 22.0 Å². The summed E-state index contributed by atoms with van der Waals surface area (Å²) < 4.78 is 6.59. The zero-order chi connectivity index (χ0) is 18.8. The molecule has 1 aliphatic rings. The van der Waals surface area contributed by atoms with Crippen molar-refractivity contribution >= 4 is 27.7 Å². The molecule has 0 radical (unpaired) electrons. The number of rotatable bonds is 10. The average molecular weight is 426 g/mol. The summed E-state index contributed by atoms with van der Waals surface area (Å²) in [6, 6.07) is 7.66. The first-order valence-electron chi connectivity index (χ1n) is 9.21. The number of likely N-dealkylation sites (tertiary alicyclic amines) is 1. The number of carbonyl (C=O) groups is 2. The number of nitrogens with zero attached hydrogens (tertiary/aromatic N) is 1. The average Bonchev–Trinajstić information content (AvgIpc) is 2.63. The Kier molecular flexibility index (Phi) is 8.91. The number of carbonyl (C=O) groups excluding carboxylic acids is 2. The molecule has 26 heavy (non-hydrogen) atoms. The lowest BCUT2D eigenvalue weighted by atomic mass is 9.97. The summed E-state index contributed by atoms with van der Waals surface area (Å²) in [6.07, 6.45) is 3.93. The van der Waals surface area contributed by atoms with Gasteiger partial charge in [-0.15, -0.1) is 0 Å². The molecule has 0 spiro atoms. The molecular weight excluding hydrogens is 398 g/mol. The smallest absolute Gasteiger partial charge is 0.221 e. The van der Waals surface area contributed by atoms with Gasteiger partial charge in [0.2, 0.25) is 11.8 Å². The molecule has 1 aromatic rings. The van der Waals surface area contributed by atoms with Gasteiger partial charge in [-0.25, -0.2) is 0 Å². The topological polar surface area (TPSA) is 84.7 Å². The van der Waals surface area contributed by atoms with Crippen LogP contribution in [-0.2, 0) is 9.59 Å². The van der Waals surface area contributed by atoms with E-state index in [1.165, 1.54) is 0 Å². The van der Waals surface area contributed by atoms with E-state index in [4.69, 9.17) is 10.5 Å². The SMILES string of the molecule is NC(=O)C1CCCN(CCCNC(=O)CCCOc2cccc(Br)c2)C1. The number of nitrogens with two attached hydrogens (primary N) is 1. The predicted octanol–water partition coefficient (Wildman–Crippen LogP) is 2.31. The highest BCUT2D eigenvalue weighted by atomic mass is 79.9. The summed E-state index contributed by atoms with van der Waals surface area (Å²) in [7, 11) is 0. The van der Waals surface area contributed by atoms with E-state index in [0.29, 0.717) is 26.0 Å². The van der Waals surface area contributed by atoms with Gasteiger partial charge in [0.15, 0.2) is 0 Å². The lowest BCUT2D eigenvalue weighted by Gasteiger charge is -2.31. The molecule has 1 unspecified atom stereocenters. The van der Waals surface area contributed by atoms with E-state index in [1.807, 2.05) is 24.3 Å². The van der Waals surface area contributed by atoms with Crippen LogP contribution in [0.4, 0.5) is 0 Å². The van der Waals surface area contributed by atoms with E-state index in [2.05, 4.69) is 26.1 Å². The fraction of sp³-hybridized carbons (Fsp3) is 0.579. The molecule has 1 aromatic carbocycles. The minimum Gasteiger partial charge on any atom is -0.494 e. The van der Waals surface area contributed by atoms with E-state index >= 15 is 0 Å². The predicted molar refractivity (Wildman–Crippen MR) is 105 cm³/mol. The van der Waals surface area contributed by atoms with Crippen LogP contribution >= 0.6 is 15.9 Å². The van der Waals surface area contributed by atoms with Crippen LogP contribution in [0.2, 0.25) is 0 Å². The van der Waals surface area contributed by atoms with Crippen molar-refractivity contribution in [2.75, 3.05) is 32.8 Å². The number of piperidine rings is 1. The molecule has 0 saturated carbocycles. The van der Waals surface area contributed by atoms with Gasteiger partial charge in [-0.3, -0.25) is 9.59 Å². The Balaban J connectivity index is 1.50. The first-order chi connectivity index (χ1) is 12.5. The number of benzene rings is 1. The number of hydrogen-bond acceptors (Lipinski definition) is 4. The molecule has 1 saturated heterocycles. The fourth-order valence-corrected chi connectivity index (χ4v) is 3.47. The minimum absolute atomic E-state index is 0.0245. The lowest BCUT2D eigenvalue weighted by molar-refractivity contribution is -0.123. The van der Waals surface area contributed by atoms with Crippen LogP contribution in [0.15, 0.2) is 28.7 Å². The van der Waals surface area contributed by atoms with Crippen molar-refractivity contribution in [2.24, 2.45) is 11.7 Å². The van der Waals surface area contributed by atoms with Gasteiger partial charge < -0.3 is 20.7 Å². The Morgan fingerprint density at radius 2 is 2.19 bits per heavy atom. The van der Waals surface area contributed by atoms with Crippen molar-refractivity contribution in [2.45, 2.75) is 32.1 Å². The van der Waals surface area contributed by atoms with Gasteiger partial charge in [0.05, 0.1) is 12.5 Å². The molecular formula is C19H28BrN3O3.